The van der Waals surface area contributed by atoms with Gasteiger partial charge in [-0.3, -0.25) is 4.79 Å². The van der Waals surface area contributed by atoms with Crippen LogP contribution in [-0.2, 0) is 9.53 Å². The number of aryl methyl sites for hydroxylation is 1. The van der Waals surface area contributed by atoms with Crippen LogP contribution in [0, 0.1) is 6.92 Å². The first-order valence-corrected chi connectivity index (χ1v) is 15.0. The first-order chi connectivity index (χ1) is 17.1. The zero-order valence-corrected chi connectivity index (χ0v) is 21.4. The highest BCUT2D eigenvalue weighted by Crippen LogP contribution is 2.42. The highest BCUT2D eigenvalue weighted by Gasteiger charge is 2.45. The molecule has 3 aliphatic rings. The number of hydrogen-bond donors (Lipinski definition) is 4. The number of ketones is 1. The fourth-order valence-electron chi connectivity index (χ4n) is 5.32. The lowest BCUT2D eigenvalue weighted by atomic mass is 9.88. The van der Waals surface area contributed by atoms with Gasteiger partial charge in [0.15, 0.2) is 5.78 Å². The van der Waals surface area contributed by atoms with Crippen LogP contribution in [0.4, 0.5) is 0 Å². The van der Waals surface area contributed by atoms with Gasteiger partial charge in [0.1, 0.15) is 38.2 Å². The summed E-state index contributed by atoms with van der Waals surface area (Å²) in [6, 6.07) is 13.8. The van der Waals surface area contributed by atoms with Crippen molar-refractivity contribution >= 4 is 24.6 Å². The van der Waals surface area contributed by atoms with E-state index in [2.05, 4.69) is 32.2 Å². The summed E-state index contributed by atoms with van der Waals surface area (Å²) in [4.78, 5) is 12.4. The predicted octanol–water partition coefficient (Wildman–Crippen LogP) is 1.51. The molecule has 0 bridgehead atoms. The Balaban J connectivity index is 1.61. The van der Waals surface area contributed by atoms with Crippen molar-refractivity contribution in [1.82, 2.24) is 0 Å². The third kappa shape index (κ3) is 4.00. The third-order valence-corrected chi connectivity index (χ3v) is 10.9. The molecule has 0 amide bonds. The number of aliphatic hydroxyl groups is 4. The van der Waals surface area contributed by atoms with E-state index in [0.29, 0.717) is 5.75 Å². The lowest BCUT2D eigenvalue weighted by Crippen LogP contribution is -2.60. The second kappa shape index (κ2) is 9.22. The summed E-state index contributed by atoms with van der Waals surface area (Å²) >= 11 is 0. The molecular formula is C28H30O7Si. The van der Waals surface area contributed by atoms with Crippen LogP contribution < -0.4 is 9.92 Å². The molecule has 188 valence electrons. The van der Waals surface area contributed by atoms with E-state index in [0.717, 1.165) is 38.2 Å². The third-order valence-electron chi connectivity index (χ3n) is 7.38. The molecule has 0 unspecified atom stereocenters. The Morgan fingerprint density at radius 2 is 1.72 bits per heavy atom. The molecule has 1 fully saturated rings. The number of hydrogen-bond acceptors (Lipinski definition) is 7. The molecule has 2 heterocycles. The summed E-state index contributed by atoms with van der Waals surface area (Å²) in [7, 11) is -2.35. The molecule has 4 N–H and O–H groups in total. The van der Waals surface area contributed by atoms with Crippen molar-refractivity contribution in [3.8, 4) is 5.75 Å². The molecule has 0 aromatic heterocycles. The van der Waals surface area contributed by atoms with Crippen LogP contribution in [0.2, 0.25) is 13.1 Å². The van der Waals surface area contributed by atoms with Crippen molar-refractivity contribution in [2.45, 2.75) is 50.7 Å². The van der Waals surface area contributed by atoms with Crippen LogP contribution in [0.5, 0.6) is 5.75 Å². The smallest absolute Gasteiger partial charge is 0.229 e. The van der Waals surface area contributed by atoms with Gasteiger partial charge >= 0.3 is 0 Å². The van der Waals surface area contributed by atoms with Crippen molar-refractivity contribution in [2.75, 3.05) is 6.61 Å². The van der Waals surface area contributed by atoms with E-state index in [1.54, 1.807) is 18.2 Å². The van der Waals surface area contributed by atoms with Crippen LogP contribution in [0.1, 0.15) is 16.7 Å². The Hall–Kier alpha value is -2.85. The molecule has 2 aromatic rings. The van der Waals surface area contributed by atoms with Crippen molar-refractivity contribution in [3.05, 3.63) is 88.2 Å². The first-order valence-electron chi connectivity index (χ1n) is 12.0. The summed E-state index contributed by atoms with van der Waals surface area (Å²) in [5, 5.41) is 42.3. The number of ether oxygens (including phenoxy) is 2. The highest BCUT2D eigenvalue weighted by molar-refractivity contribution is 6.98. The highest BCUT2D eigenvalue weighted by atomic mass is 28.3. The van der Waals surface area contributed by atoms with E-state index in [-0.39, 0.29) is 5.78 Å². The van der Waals surface area contributed by atoms with Crippen LogP contribution in [0.15, 0.2) is 71.5 Å². The molecule has 5 atom stereocenters. The fourth-order valence-corrected chi connectivity index (χ4v) is 8.38. The Morgan fingerprint density at radius 3 is 2.44 bits per heavy atom. The van der Waals surface area contributed by atoms with Gasteiger partial charge in [0.25, 0.3) is 0 Å². The van der Waals surface area contributed by atoms with Crippen LogP contribution in [-0.4, -0.2) is 71.6 Å². The van der Waals surface area contributed by atoms with Crippen molar-refractivity contribution < 1.29 is 34.7 Å². The fraction of sp³-hybridized carbons (Fsp3) is 0.321. The van der Waals surface area contributed by atoms with Gasteiger partial charge in [0.2, 0.25) is 6.29 Å². The minimum Gasteiger partial charge on any atom is -0.462 e. The molecule has 0 radical (unpaired) electrons. The molecule has 5 rings (SSSR count). The zero-order chi connectivity index (χ0) is 25.8. The molecule has 8 heteroatoms. The van der Waals surface area contributed by atoms with Crippen molar-refractivity contribution in [3.63, 3.8) is 0 Å². The van der Waals surface area contributed by atoms with Crippen molar-refractivity contribution in [1.29, 1.82) is 0 Å². The standard InChI is InChI=1S/C28H30O7Si/c1-15-6-4-5-7-18(15)24-19-10-8-16(30)12-22(19)36(2,3)23-13-17(9-11-20(23)24)34-28-27(33)26(32)25(31)21(14-29)35-28/h4-13,21,25-29,31-33H,14H2,1-3H3/t21-,25+,26+,27-,28-/m1/s1. The van der Waals surface area contributed by atoms with Gasteiger partial charge < -0.3 is 29.9 Å². The Morgan fingerprint density at radius 1 is 0.972 bits per heavy atom. The Kier molecular flexibility index (Phi) is 6.36. The van der Waals surface area contributed by atoms with E-state index in [4.69, 9.17) is 9.47 Å². The van der Waals surface area contributed by atoms with Crippen LogP contribution in [0.25, 0.3) is 5.57 Å². The van der Waals surface area contributed by atoms with E-state index in [1.165, 1.54) is 0 Å². The molecule has 36 heavy (non-hydrogen) atoms. The second-order valence-electron chi connectivity index (χ2n) is 10.0. The number of carbonyl (C=O) groups excluding carboxylic acids is 1. The minimum atomic E-state index is -2.35. The van der Waals surface area contributed by atoms with Crippen LogP contribution >= 0.6 is 0 Å². The maximum atomic E-state index is 12.4. The first kappa shape index (κ1) is 24.8. The summed E-state index contributed by atoms with van der Waals surface area (Å²) in [6.07, 6.45) is -1.52. The quantitative estimate of drug-likeness (QED) is 0.465. The van der Waals surface area contributed by atoms with Crippen molar-refractivity contribution in [2.24, 2.45) is 0 Å². The van der Waals surface area contributed by atoms with Crippen LogP contribution in [0.3, 0.4) is 0 Å². The minimum absolute atomic E-state index is 0.0318. The predicted molar refractivity (Wildman–Crippen MR) is 137 cm³/mol. The summed E-state index contributed by atoms with van der Waals surface area (Å²) in [5.41, 5.74) is 5.40. The van der Waals surface area contributed by atoms with E-state index in [9.17, 15) is 25.2 Å². The maximum Gasteiger partial charge on any atom is 0.229 e. The summed E-state index contributed by atoms with van der Waals surface area (Å²) in [5.74, 6) is 0.389. The second-order valence-corrected chi connectivity index (χ2v) is 14.4. The van der Waals surface area contributed by atoms with Gasteiger partial charge in [0.05, 0.1) is 6.61 Å². The zero-order valence-electron chi connectivity index (χ0n) is 20.4. The van der Waals surface area contributed by atoms with E-state index >= 15 is 0 Å². The Bertz CT molecular complexity index is 1310. The molecule has 1 aliphatic carbocycles. The molecule has 7 nitrogen and oxygen atoms in total. The van der Waals surface area contributed by atoms with Gasteiger partial charge in [-0.25, -0.2) is 0 Å². The van der Waals surface area contributed by atoms with Gasteiger partial charge in [-0.1, -0.05) is 49.5 Å². The summed E-state index contributed by atoms with van der Waals surface area (Å²) in [6.45, 7) is 5.92. The molecule has 2 aromatic carbocycles. The average Bonchev–Trinajstić information content (AvgIpc) is 2.86. The number of allylic oxidation sites excluding steroid dienone is 5. The number of aliphatic hydroxyl groups excluding tert-OH is 4. The molecule has 0 saturated carbocycles. The average molecular weight is 507 g/mol. The normalized spacial score (nSPS) is 28.9. The SMILES string of the molecule is Cc1ccccc1C1=C2C=CC(=O)C=C2[Si](C)(C)c2cc(O[C@@H]3O[C@H](CO)[C@H](O)[C@H](O)[C@H]3O)ccc21. The lowest BCUT2D eigenvalue weighted by molar-refractivity contribution is -0.277. The Labute approximate surface area is 210 Å². The summed E-state index contributed by atoms with van der Waals surface area (Å²) < 4.78 is 11.5. The monoisotopic (exact) mass is 506 g/mol. The number of rotatable bonds is 4. The number of carbonyl (C=O) groups is 1. The van der Waals surface area contributed by atoms with Gasteiger partial charge in [-0.15, -0.1) is 0 Å². The molecule has 0 spiro atoms. The lowest BCUT2D eigenvalue weighted by Gasteiger charge is -2.40. The van der Waals surface area contributed by atoms with E-state index < -0.39 is 45.4 Å². The topological polar surface area (TPSA) is 116 Å². The van der Waals surface area contributed by atoms with Gasteiger partial charge in [-0.05, 0) is 69.4 Å². The number of fused-ring (bicyclic) bond motifs is 2. The largest absolute Gasteiger partial charge is 0.462 e. The molecular weight excluding hydrogens is 476 g/mol. The molecule has 1 saturated heterocycles. The van der Waals surface area contributed by atoms with Gasteiger partial charge in [-0.2, -0.15) is 0 Å². The van der Waals surface area contributed by atoms with E-state index in [1.807, 2.05) is 30.3 Å². The molecule has 2 aliphatic heterocycles. The maximum absolute atomic E-state index is 12.4. The van der Waals surface area contributed by atoms with Gasteiger partial charge in [0, 0.05) is 0 Å². The number of benzene rings is 2.